The molecule has 0 aliphatic rings. The second kappa shape index (κ2) is 4.11. The van der Waals surface area contributed by atoms with Crippen molar-refractivity contribution in [2.75, 3.05) is 7.11 Å². The summed E-state index contributed by atoms with van der Waals surface area (Å²) in [6, 6.07) is 5.21. The topological polar surface area (TPSA) is 52.3 Å². The molecule has 0 fully saturated rings. The summed E-state index contributed by atoms with van der Waals surface area (Å²) in [4.78, 5) is 11.2. The number of methoxy groups -OCH3 is 1. The lowest BCUT2D eigenvalue weighted by Gasteiger charge is -1.97. The van der Waals surface area contributed by atoms with Crippen molar-refractivity contribution in [2.24, 2.45) is 0 Å². The molecule has 2 aromatic rings. The van der Waals surface area contributed by atoms with Crippen LogP contribution in [0.3, 0.4) is 0 Å². The number of esters is 1. The number of ether oxygens (including phenoxy) is 1. The first-order chi connectivity index (χ1) is 6.33. The highest BCUT2D eigenvalue weighted by Crippen LogP contribution is 2.18. The molecule has 1 heterocycles. The minimum Gasteiger partial charge on any atom is -0.465 e. The highest BCUT2D eigenvalue weighted by atomic mass is 35.5. The first-order valence-corrected chi connectivity index (χ1v) is 3.74. The maximum atomic E-state index is 11.2. The lowest BCUT2D eigenvalue weighted by molar-refractivity contribution is 0.0601. The molecule has 0 saturated carbocycles. The van der Waals surface area contributed by atoms with Gasteiger partial charge in [0.05, 0.1) is 13.3 Å². The molecule has 0 unspecified atom stereocenters. The van der Waals surface area contributed by atoms with Crippen LogP contribution in [-0.2, 0) is 4.74 Å². The molecule has 0 saturated heterocycles. The fraction of sp³-hybridized carbons (Fsp3) is 0.111. The quantitative estimate of drug-likeness (QED) is 0.681. The van der Waals surface area contributed by atoms with Gasteiger partial charge in [-0.3, -0.25) is 0 Å². The Morgan fingerprint density at radius 2 is 2.29 bits per heavy atom. The summed E-state index contributed by atoms with van der Waals surface area (Å²) in [5.74, 6) is -0.414. The van der Waals surface area contributed by atoms with E-state index < -0.39 is 5.97 Å². The predicted molar refractivity (Wildman–Crippen MR) is 52.6 cm³/mol. The summed E-state index contributed by atoms with van der Waals surface area (Å²) in [6.45, 7) is 0. The Bertz CT molecular complexity index is 452. The van der Waals surface area contributed by atoms with Crippen molar-refractivity contribution in [2.45, 2.75) is 0 Å². The van der Waals surface area contributed by atoms with Crippen LogP contribution in [0, 0.1) is 0 Å². The summed E-state index contributed by atoms with van der Waals surface area (Å²) in [6.07, 6.45) is 1.56. The zero-order chi connectivity index (χ0) is 9.26. The first kappa shape index (κ1) is 10.5. The van der Waals surface area contributed by atoms with Gasteiger partial charge in [-0.15, -0.1) is 12.4 Å². The van der Waals surface area contributed by atoms with E-state index in [9.17, 15) is 4.79 Å². The predicted octanol–water partition coefficient (Wildman–Crippen LogP) is 2.04. The van der Waals surface area contributed by atoms with Gasteiger partial charge in [-0.2, -0.15) is 0 Å². The van der Waals surface area contributed by atoms with Crippen LogP contribution in [0.2, 0.25) is 0 Å². The molecule has 14 heavy (non-hydrogen) atoms. The third-order valence-electron chi connectivity index (χ3n) is 1.79. The Kier molecular flexibility index (Phi) is 3.09. The molecule has 0 amide bonds. The van der Waals surface area contributed by atoms with Crippen LogP contribution in [-0.4, -0.2) is 18.2 Å². The standard InChI is InChI=1S/C9H7NO3.ClH/c1-12-9(11)7-4-2-3-6-5-10-13-8(6)7;/h2-5H,1H3;1H. The van der Waals surface area contributed by atoms with Gasteiger partial charge < -0.3 is 9.26 Å². The maximum Gasteiger partial charge on any atom is 0.341 e. The average molecular weight is 214 g/mol. The zero-order valence-electron chi connectivity index (χ0n) is 7.39. The highest BCUT2D eigenvalue weighted by Gasteiger charge is 2.12. The fourth-order valence-corrected chi connectivity index (χ4v) is 1.16. The number of halogens is 1. The van der Waals surface area contributed by atoms with E-state index in [-0.39, 0.29) is 12.4 Å². The van der Waals surface area contributed by atoms with Crippen LogP contribution in [0.1, 0.15) is 10.4 Å². The van der Waals surface area contributed by atoms with Gasteiger partial charge in [0, 0.05) is 5.39 Å². The third-order valence-corrected chi connectivity index (χ3v) is 1.79. The summed E-state index contributed by atoms with van der Waals surface area (Å²) in [5, 5.41) is 4.39. The molecular weight excluding hydrogens is 206 g/mol. The van der Waals surface area contributed by atoms with Crippen molar-refractivity contribution in [1.29, 1.82) is 0 Å². The van der Waals surface area contributed by atoms with Crippen LogP contribution >= 0.6 is 12.4 Å². The summed E-state index contributed by atoms with van der Waals surface area (Å²) in [7, 11) is 1.33. The third kappa shape index (κ3) is 1.56. The number of carbonyl (C=O) groups is 1. The summed E-state index contributed by atoms with van der Waals surface area (Å²) < 4.78 is 9.51. The molecule has 0 N–H and O–H groups in total. The summed E-state index contributed by atoms with van der Waals surface area (Å²) >= 11 is 0. The lowest BCUT2D eigenvalue weighted by atomic mass is 10.1. The van der Waals surface area contributed by atoms with Crippen LogP contribution in [0.25, 0.3) is 11.0 Å². The summed E-state index contributed by atoms with van der Waals surface area (Å²) in [5.41, 5.74) is 0.867. The van der Waals surface area contributed by atoms with E-state index in [1.165, 1.54) is 7.11 Å². The number of rotatable bonds is 1. The number of benzene rings is 1. The van der Waals surface area contributed by atoms with E-state index in [1.54, 1.807) is 18.3 Å². The van der Waals surface area contributed by atoms with E-state index in [1.807, 2.05) is 6.07 Å². The van der Waals surface area contributed by atoms with Gasteiger partial charge in [0.2, 0.25) is 0 Å². The van der Waals surface area contributed by atoms with Crippen LogP contribution in [0.4, 0.5) is 0 Å². The van der Waals surface area contributed by atoms with Gasteiger partial charge in [0.15, 0.2) is 5.58 Å². The van der Waals surface area contributed by atoms with Crippen molar-refractivity contribution in [3.05, 3.63) is 30.0 Å². The average Bonchev–Trinajstić information content (AvgIpc) is 2.63. The Balaban J connectivity index is 0.000000980. The Morgan fingerprint density at radius 3 is 3.00 bits per heavy atom. The van der Waals surface area contributed by atoms with E-state index >= 15 is 0 Å². The molecule has 74 valence electrons. The van der Waals surface area contributed by atoms with E-state index in [0.29, 0.717) is 11.1 Å². The molecule has 0 aliphatic carbocycles. The first-order valence-electron chi connectivity index (χ1n) is 3.74. The second-order valence-electron chi connectivity index (χ2n) is 2.54. The number of para-hydroxylation sites is 1. The minimum atomic E-state index is -0.414. The molecular formula is C9H8ClNO3. The minimum absolute atomic E-state index is 0. The number of fused-ring (bicyclic) bond motifs is 1. The van der Waals surface area contributed by atoms with E-state index in [0.717, 1.165) is 5.39 Å². The van der Waals surface area contributed by atoms with Crippen molar-refractivity contribution in [1.82, 2.24) is 5.16 Å². The van der Waals surface area contributed by atoms with Crippen molar-refractivity contribution >= 4 is 29.3 Å². The fourth-order valence-electron chi connectivity index (χ4n) is 1.16. The molecule has 0 atom stereocenters. The number of aromatic nitrogens is 1. The SMILES string of the molecule is COC(=O)c1cccc2cnoc12.Cl. The van der Waals surface area contributed by atoms with Gasteiger partial charge in [-0.05, 0) is 12.1 Å². The van der Waals surface area contributed by atoms with E-state index in [2.05, 4.69) is 9.89 Å². The smallest absolute Gasteiger partial charge is 0.341 e. The van der Waals surface area contributed by atoms with Crippen molar-refractivity contribution in [3.8, 4) is 0 Å². The molecule has 0 aliphatic heterocycles. The number of hydrogen-bond donors (Lipinski definition) is 0. The Morgan fingerprint density at radius 1 is 1.50 bits per heavy atom. The lowest BCUT2D eigenvalue weighted by Crippen LogP contribution is -2.00. The van der Waals surface area contributed by atoms with Gasteiger partial charge in [0.25, 0.3) is 0 Å². The van der Waals surface area contributed by atoms with Gasteiger partial charge >= 0.3 is 5.97 Å². The number of carbonyl (C=O) groups excluding carboxylic acids is 1. The van der Waals surface area contributed by atoms with Crippen LogP contribution < -0.4 is 0 Å². The second-order valence-corrected chi connectivity index (χ2v) is 2.54. The molecule has 1 aromatic heterocycles. The zero-order valence-corrected chi connectivity index (χ0v) is 8.21. The Hall–Kier alpha value is -1.55. The van der Waals surface area contributed by atoms with E-state index in [4.69, 9.17) is 4.52 Å². The van der Waals surface area contributed by atoms with Crippen LogP contribution in [0.5, 0.6) is 0 Å². The number of hydrogen-bond acceptors (Lipinski definition) is 4. The maximum absolute atomic E-state index is 11.2. The van der Waals surface area contributed by atoms with Crippen molar-refractivity contribution < 1.29 is 14.1 Å². The normalized spacial score (nSPS) is 9.50. The molecule has 5 heteroatoms. The molecule has 4 nitrogen and oxygen atoms in total. The monoisotopic (exact) mass is 213 g/mol. The molecule has 0 spiro atoms. The van der Waals surface area contributed by atoms with Gasteiger partial charge in [-0.1, -0.05) is 11.2 Å². The molecule has 2 rings (SSSR count). The largest absolute Gasteiger partial charge is 0.465 e. The highest BCUT2D eigenvalue weighted by molar-refractivity contribution is 6.01. The van der Waals surface area contributed by atoms with Crippen molar-refractivity contribution in [3.63, 3.8) is 0 Å². The molecule has 1 aromatic carbocycles. The number of nitrogens with zero attached hydrogens (tertiary/aromatic N) is 1. The van der Waals surface area contributed by atoms with Gasteiger partial charge in [-0.25, -0.2) is 4.79 Å². The molecule has 0 radical (unpaired) electrons. The Labute approximate surface area is 86.2 Å². The van der Waals surface area contributed by atoms with Gasteiger partial charge in [0.1, 0.15) is 5.56 Å². The van der Waals surface area contributed by atoms with Crippen LogP contribution in [0.15, 0.2) is 28.9 Å². The molecule has 0 bridgehead atoms.